The molecule has 7 heteroatoms. The Morgan fingerprint density at radius 2 is 2.09 bits per heavy atom. The van der Waals surface area contributed by atoms with E-state index in [4.69, 9.17) is 4.74 Å². The summed E-state index contributed by atoms with van der Waals surface area (Å²) in [6.07, 6.45) is 0.327. The molecule has 1 atom stereocenters. The highest BCUT2D eigenvalue weighted by atomic mass is 19.1. The lowest BCUT2D eigenvalue weighted by molar-refractivity contribution is 0.115. The molecule has 1 heterocycles. The van der Waals surface area contributed by atoms with E-state index in [-0.39, 0.29) is 24.0 Å². The molecule has 1 saturated heterocycles. The molecule has 1 aliphatic rings. The van der Waals surface area contributed by atoms with Crippen molar-refractivity contribution in [3.63, 3.8) is 0 Å². The molecular formula is C15H20FN3O3. The molecule has 1 aliphatic heterocycles. The van der Waals surface area contributed by atoms with Gasteiger partial charge in [-0.1, -0.05) is 0 Å². The van der Waals surface area contributed by atoms with Crippen molar-refractivity contribution < 1.29 is 18.7 Å². The number of anilines is 1. The number of hydrogen-bond donors (Lipinski definition) is 1. The Kier molecular flexibility index (Phi) is 5.19. The molecule has 1 aromatic rings. The zero-order valence-electron chi connectivity index (χ0n) is 12.7. The van der Waals surface area contributed by atoms with E-state index in [0.717, 1.165) is 0 Å². The predicted molar refractivity (Wildman–Crippen MR) is 80.3 cm³/mol. The fraction of sp³-hybridized carbons (Fsp3) is 0.467. The van der Waals surface area contributed by atoms with E-state index in [1.54, 1.807) is 18.9 Å². The largest absolute Gasteiger partial charge is 0.450 e. The second-order valence-corrected chi connectivity index (χ2v) is 5.12. The molecule has 1 fully saturated rings. The summed E-state index contributed by atoms with van der Waals surface area (Å²) < 4.78 is 17.8. The molecular weight excluding hydrogens is 289 g/mol. The third-order valence-corrected chi connectivity index (χ3v) is 3.56. The highest BCUT2D eigenvalue weighted by Gasteiger charge is 2.28. The summed E-state index contributed by atoms with van der Waals surface area (Å²) in [4.78, 5) is 26.8. The zero-order chi connectivity index (χ0) is 16.1. The molecule has 2 rings (SSSR count). The summed E-state index contributed by atoms with van der Waals surface area (Å²) in [6, 6.07) is 5.28. The number of likely N-dealkylation sites (tertiary alicyclic amines) is 1. The summed E-state index contributed by atoms with van der Waals surface area (Å²) in [5.41, 5.74) is 0.596. The van der Waals surface area contributed by atoms with Gasteiger partial charge in [-0.15, -0.1) is 0 Å². The Bertz CT molecular complexity index is 535. The molecule has 1 N–H and O–H groups in total. The molecule has 120 valence electrons. The van der Waals surface area contributed by atoms with Crippen LogP contribution < -0.4 is 10.2 Å². The molecule has 3 amide bonds. The molecule has 1 aromatic carbocycles. The van der Waals surface area contributed by atoms with E-state index in [2.05, 4.69) is 5.32 Å². The molecule has 1 unspecified atom stereocenters. The van der Waals surface area contributed by atoms with Gasteiger partial charge in [0, 0.05) is 31.9 Å². The average molecular weight is 309 g/mol. The van der Waals surface area contributed by atoms with Crippen molar-refractivity contribution in [2.45, 2.75) is 19.4 Å². The van der Waals surface area contributed by atoms with Crippen LogP contribution in [0.3, 0.4) is 0 Å². The molecule has 0 spiro atoms. The number of ether oxygens (including phenoxy) is 1. The molecule has 0 radical (unpaired) electrons. The van der Waals surface area contributed by atoms with Gasteiger partial charge in [-0.05, 0) is 37.6 Å². The minimum absolute atomic E-state index is 0.111. The number of urea groups is 1. The summed E-state index contributed by atoms with van der Waals surface area (Å²) in [5, 5.41) is 2.86. The van der Waals surface area contributed by atoms with Gasteiger partial charge < -0.3 is 15.0 Å². The smallest absolute Gasteiger partial charge is 0.409 e. The van der Waals surface area contributed by atoms with Gasteiger partial charge in [0.2, 0.25) is 0 Å². The summed E-state index contributed by atoms with van der Waals surface area (Å²) in [5.74, 6) is -0.349. The van der Waals surface area contributed by atoms with Gasteiger partial charge in [-0.3, -0.25) is 4.90 Å². The first-order valence-electron chi connectivity index (χ1n) is 7.22. The van der Waals surface area contributed by atoms with Crippen LogP contribution >= 0.6 is 0 Å². The van der Waals surface area contributed by atoms with E-state index in [9.17, 15) is 14.0 Å². The fourth-order valence-electron chi connectivity index (χ4n) is 2.31. The summed E-state index contributed by atoms with van der Waals surface area (Å²) in [7, 11) is 1.61. The standard InChI is InChI=1S/C15H20FN3O3/c1-3-22-15(21)19-9-8-12(10-19)17-14(20)18(2)13-6-4-11(16)5-7-13/h4-7,12H,3,8-10H2,1-2H3,(H,17,20). The Morgan fingerprint density at radius 3 is 2.73 bits per heavy atom. The number of carbonyl (C=O) groups is 2. The van der Waals surface area contributed by atoms with Crippen molar-refractivity contribution in [1.82, 2.24) is 10.2 Å². The van der Waals surface area contributed by atoms with Crippen LogP contribution in [0.5, 0.6) is 0 Å². The average Bonchev–Trinajstić information content (AvgIpc) is 2.96. The van der Waals surface area contributed by atoms with Crippen molar-refractivity contribution in [2.75, 3.05) is 31.6 Å². The van der Waals surface area contributed by atoms with Crippen LogP contribution in [0.4, 0.5) is 19.7 Å². The number of hydrogen-bond acceptors (Lipinski definition) is 3. The fourth-order valence-corrected chi connectivity index (χ4v) is 2.31. The van der Waals surface area contributed by atoms with Crippen molar-refractivity contribution in [1.29, 1.82) is 0 Å². The Morgan fingerprint density at radius 1 is 1.41 bits per heavy atom. The number of nitrogens with zero attached hydrogens (tertiary/aromatic N) is 2. The SMILES string of the molecule is CCOC(=O)N1CCC(NC(=O)N(C)c2ccc(F)cc2)C1. The minimum atomic E-state index is -0.355. The first kappa shape index (κ1) is 16.1. The Balaban J connectivity index is 1.87. The maximum absolute atomic E-state index is 12.9. The monoisotopic (exact) mass is 309 g/mol. The van der Waals surface area contributed by atoms with Gasteiger partial charge >= 0.3 is 12.1 Å². The summed E-state index contributed by atoms with van der Waals surface area (Å²) >= 11 is 0. The molecule has 6 nitrogen and oxygen atoms in total. The minimum Gasteiger partial charge on any atom is -0.450 e. The number of halogens is 1. The van der Waals surface area contributed by atoms with Crippen molar-refractivity contribution in [3.05, 3.63) is 30.1 Å². The third-order valence-electron chi connectivity index (χ3n) is 3.56. The van der Waals surface area contributed by atoms with Crippen LogP contribution in [0.25, 0.3) is 0 Å². The molecule has 22 heavy (non-hydrogen) atoms. The number of amides is 3. The van der Waals surface area contributed by atoms with Crippen LogP contribution in [-0.4, -0.2) is 49.8 Å². The van der Waals surface area contributed by atoms with Gasteiger partial charge in [0.15, 0.2) is 0 Å². The highest BCUT2D eigenvalue weighted by molar-refractivity contribution is 5.91. The maximum atomic E-state index is 12.9. The van der Waals surface area contributed by atoms with E-state index < -0.39 is 0 Å². The number of rotatable bonds is 3. The Hall–Kier alpha value is -2.31. The third kappa shape index (κ3) is 3.87. The van der Waals surface area contributed by atoms with E-state index in [0.29, 0.717) is 31.8 Å². The van der Waals surface area contributed by atoms with Gasteiger partial charge in [-0.2, -0.15) is 0 Å². The first-order chi connectivity index (χ1) is 10.5. The van der Waals surface area contributed by atoms with Crippen LogP contribution in [0.2, 0.25) is 0 Å². The normalized spacial score (nSPS) is 17.2. The molecule has 0 bridgehead atoms. The second kappa shape index (κ2) is 7.11. The van der Waals surface area contributed by atoms with E-state index in [1.165, 1.54) is 29.2 Å². The lowest BCUT2D eigenvalue weighted by Gasteiger charge is -2.21. The lowest BCUT2D eigenvalue weighted by atomic mass is 10.2. The topological polar surface area (TPSA) is 61.9 Å². The predicted octanol–water partition coefficient (Wildman–Crippen LogP) is 2.20. The van der Waals surface area contributed by atoms with Crippen molar-refractivity contribution >= 4 is 17.8 Å². The molecule has 0 saturated carbocycles. The van der Waals surface area contributed by atoms with E-state index >= 15 is 0 Å². The molecule has 0 aromatic heterocycles. The van der Waals surface area contributed by atoms with Crippen molar-refractivity contribution in [3.8, 4) is 0 Å². The highest BCUT2D eigenvalue weighted by Crippen LogP contribution is 2.15. The van der Waals surface area contributed by atoms with Gasteiger partial charge in [0.1, 0.15) is 5.82 Å². The number of benzene rings is 1. The second-order valence-electron chi connectivity index (χ2n) is 5.12. The Labute approximate surface area is 128 Å². The number of carbonyl (C=O) groups excluding carboxylic acids is 2. The molecule has 0 aliphatic carbocycles. The first-order valence-corrected chi connectivity index (χ1v) is 7.22. The van der Waals surface area contributed by atoms with Gasteiger partial charge in [-0.25, -0.2) is 14.0 Å². The van der Waals surface area contributed by atoms with Gasteiger partial charge in [0.05, 0.1) is 6.61 Å². The van der Waals surface area contributed by atoms with E-state index in [1.807, 2.05) is 0 Å². The lowest BCUT2D eigenvalue weighted by Crippen LogP contribution is -2.44. The number of nitrogens with one attached hydrogen (secondary N) is 1. The van der Waals surface area contributed by atoms with Crippen LogP contribution in [0, 0.1) is 5.82 Å². The zero-order valence-corrected chi connectivity index (χ0v) is 12.7. The van der Waals surface area contributed by atoms with Crippen LogP contribution in [-0.2, 0) is 4.74 Å². The van der Waals surface area contributed by atoms with Crippen molar-refractivity contribution in [2.24, 2.45) is 0 Å². The maximum Gasteiger partial charge on any atom is 0.409 e. The van der Waals surface area contributed by atoms with Crippen LogP contribution in [0.1, 0.15) is 13.3 Å². The van der Waals surface area contributed by atoms with Crippen LogP contribution in [0.15, 0.2) is 24.3 Å². The summed E-state index contributed by atoms with van der Waals surface area (Å²) in [6.45, 7) is 3.08. The quantitative estimate of drug-likeness (QED) is 0.931. The van der Waals surface area contributed by atoms with Gasteiger partial charge in [0.25, 0.3) is 0 Å².